The van der Waals surface area contributed by atoms with Crippen molar-refractivity contribution < 1.29 is 22.8 Å². The number of alkyl halides is 3. The van der Waals surface area contributed by atoms with E-state index >= 15 is 0 Å². The number of nitrogens with zero attached hydrogens (tertiary/aromatic N) is 4. The van der Waals surface area contributed by atoms with E-state index in [2.05, 4.69) is 25.6 Å². The fourth-order valence-electron chi connectivity index (χ4n) is 5.51. The first-order chi connectivity index (χ1) is 19.1. The Balaban J connectivity index is 0.000000348. The summed E-state index contributed by atoms with van der Waals surface area (Å²) in [6.07, 6.45) is 4.92. The van der Waals surface area contributed by atoms with Crippen molar-refractivity contribution in [3.8, 4) is 11.1 Å². The molecule has 40 heavy (non-hydrogen) atoms. The van der Waals surface area contributed by atoms with Gasteiger partial charge in [0.25, 0.3) is 0 Å². The summed E-state index contributed by atoms with van der Waals surface area (Å²) >= 11 is 0. The number of fused-ring (bicyclic) bond motifs is 1. The first kappa shape index (κ1) is 27.5. The van der Waals surface area contributed by atoms with E-state index in [1.54, 1.807) is 6.20 Å². The predicted octanol–water partition coefficient (Wildman–Crippen LogP) is 5.51. The maximum Gasteiger partial charge on any atom is 0.433 e. The van der Waals surface area contributed by atoms with Gasteiger partial charge in [-0.25, -0.2) is 9.97 Å². The van der Waals surface area contributed by atoms with E-state index in [9.17, 15) is 22.8 Å². The second-order valence-corrected chi connectivity index (χ2v) is 10.4. The van der Waals surface area contributed by atoms with E-state index in [-0.39, 0.29) is 23.3 Å². The average molecular weight is 553 g/mol. The quantitative estimate of drug-likeness (QED) is 0.414. The molecule has 11 heteroatoms. The van der Waals surface area contributed by atoms with Gasteiger partial charge in [-0.3, -0.25) is 14.6 Å². The van der Waals surface area contributed by atoms with Gasteiger partial charge in [-0.05, 0) is 68.0 Å². The summed E-state index contributed by atoms with van der Waals surface area (Å²) in [4.78, 5) is 36.5. The van der Waals surface area contributed by atoms with Crippen molar-refractivity contribution in [3.63, 3.8) is 0 Å². The summed E-state index contributed by atoms with van der Waals surface area (Å²) in [5.74, 6) is 0.280. The Hall–Kier alpha value is -4.02. The van der Waals surface area contributed by atoms with E-state index in [0.29, 0.717) is 12.1 Å². The van der Waals surface area contributed by atoms with Crippen molar-refractivity contribution in [2.75, 3.05) is 18.4 Å². The van der Waals surface area contributed by atoms with E-state index in [0.717, 1.165) is 79.8 Å². The van der Waals surface area contributed by atoms with Gasteiger partial charge in [0.15, 0.2) is 0 Å². The molecule has 2 aromatic heterocycles. The lowest BCUT2D eigenvalue weighted by atomic mass is 9.80. The van der Waals surface area contributed by atoms with Crippen LogP contribution < -0.4 is 10.6 Å². The minimum absolute atomic E-state index is 0.125. The molecule has 3 aliphatic heterocycles. The van der Waals surface area contributed by atoms with Gasteiger partial charge >= 0.3 is 6.18 Å². The number of amides is 2. The number of rotatable bonds is 4. The molecule has 2 amide bonds. The average Bonchev–Trinajstić information content (AvgIpc) is 3.09. The molecule has 210 valence electrons. The van der Waals surface area contributed by atoms with Gasteiger partial charge in [-0.2, -0.15) is 13.2 Å². The molecule has 3 aliphatic rings. The molecule has 1 aromatic carbocycles. The zero-order chi connectivity index (χ0) is 28.3. The monoisotopic (exact) mass is 552 g/mol. The third kappa shape index (κ3) is 5.93. The topological polar surface area (TPSA) is 100 Å². The molecular formula is C29H31F3N6O2. The van der Waals surface area contributed by atoms with Gasteiger partial charge in [0, 0.05) is 43.2 Å². The SMILES string of the molecule is Cc1cc(Nc2nccc(C(F)(F)F)n2)cc(-c2ccc(C34CCCN3C(=O)C4)nc2)c1.O=C1CCCCCN1. The van der Waals surface area contributed by atoms with Crippen LogP contribution in [0.15, 0.2) is 48.8 Å². The lowest BCUT2D eigenvalue weighted by Crippen LogP contribution is -2.57. The van der Waals surface area contributed by atoms with E-state index in [1.165, 1.54) is 6.42 Å². The molecular weight excluding hydrogens is 521 g/mol. The Bertz CT molecular complexity index is 1390. The number of carbonyl (C=O) groups excluding carboxylic acids is 2. The highest BCUT2D eigenvalue weighted by Crippen LogP contribution is 2.48. The predicted molar refractivity (Wildman–Crippen MR) is 143 cm³/mol. The molecule has 0 saturated carbocycles. The summed E-state index contributed by atoms with van der Waals surface area (Å²) < 4.78 is 38.8. The molecule has 0 bridgehead atoms. The maximum absolute atomic E-state index is 12.9. The molecule has 8 nitrogen and oxygen atoms in total. The number of β-lactam (4-membered cyclic amide) rings is 1. The molecule has 3 aromatic rings. The van der Waals surface area contributed by atoms with Crippen LogP contribution >= 0.6 is 0 Å². The van der Waals surface area contributed by atoms with Crippen molar-refractivity contribution >= 4 is 23.5 Å². The van der Waals surface area contributed by atoms with Crippen LogP contribution in [0.2, 0.25) is 0 Å². The minimum atomic E-state index is -4.54. The number of carbonyl (C=O) groups is 2. The largest absolute Gasteiger partial charge is 0.433 e. The summed E-state index contributed by atoms with van der Waals surface area (Å²) in [6.45, 7) is 3.57. The highest BCUT2D eigenvalue weighted by atomic mass is 19.4. The molecule has 0 spiro atoms. The van der Waals surface area contributed by atoms with E-state index in [4.69, 9.17) is 0 Å². The molecule has 1 atom stereocenters. The Morgan fingerprint density at radius 1 is 1.00 bits per heavy atom. The number of halogens is 3. The third-order valence-corrected chi connectivity index (χ3v) is 7.49. The summed E-state index contributed by atoms with van der Waals surface area (Å²) in [7, 11) is 0. The van der Waals surface area contributed by atoms with Crippen molar-refractivity contribution in [1.82, 2.24) is 25.2 Å². The van der Waals surface area contributed by atoms with Crippen molar-refractivity contribution in [1.29, 1.82) is 0 Å². The Morgan fingerprint density at radius 3 is 2.60 bits per heavy atom. The molecule has 1 unspecified atom stereocenters. The second-order valence-electron chi connectivity index (χ2n) is 10.4. The summed E-state index contributed by atoms with van der Waals surface area (Å²) in [5.41, 5.74) is 2.88. The third-order valence-electron chi connectivity index (χ3n) is 7.49. The lowest BCUT2D eigenvalue weighted by Gasteiger charge is -2.46. The zero-order valence-corrected chi connectivity index (χ0v) is 22.2. The minimum Gasteiger partial charge on any atom is -0.356 e. The molecule has 0 radical (unpaired) electrons. The molecule has 6 rings (SSSR count). The number of nitrogens with one attached hydrogen (secondary N) is 2. The molecule has 3 fully saturated rings. The Morgan fingerprint density at radius 2 is 1.85 bits per heavy atom. The summed E-state index contributed by atoms with van der Waals surface area (Å²) in [5, 5.41) is 5.67. The Kier molecular flexibility index (Phi) is 7.73. The highest BCUT2D eigenvalue weighted by Gasteiger charge is 2.55. The van der Waals surface area contributed by atoms with Crippen LogP contribution in [0.25, 0.3) is 11.1 Å². The van der Waals surface area contributed by atoms with Crippen molar-refractivity contribution in [2.45, 2.75) is 63.6 Å². The van der Waals surface area contributed by atoms with Crippen LogP contribution in [0.3, 0.4) is 0 Å². The normalized spacial score (nSPS) is 20.4. The van der Waals surface area contributed by atoms with Crippen molar-refractivity contribution in [2.24, 2.45) is 0 Å². The summed E-state index contributed by atoms with van der Waals surface area (Å²) in [6, 6.07) is 10.4. The van der Waals surface area contributed by atoms with Crippen molar-refractivity contribution in [3.05, 3.63) is 65.7 Å². The number of aromatic nitrogens is 3. The standard InChI is InChI=1S/C23H20F3N5O.C6H11NO/c1-14-9-16(11-17(10-14)29-21-27-7-5-19(30-21)23(24,25)26)15-3-4-18(28-13-15)22-6-2-8-31(22)20(32)12-22;8-6-4-2-1-3-5-7-6/h3-5,7,9-11,13H,2,6,8,12H2,1H3,(H,27,29,30);1-5H2,(H,7,8). The van der Waals surface area contributed by atoms with Gasteiger partial charge in [-0.1, -0.05) is 18.6 Å². The van der Waals surface area contributed by atoms with Crippen LogP contribution in [-0.4, -0.2) is 44.8 Å². The highest BCUT2D eigenvalue weighted by molar-refractivity contribution is 5.86. The number of aryl methyl sites for hydroxylation is 1. The maximum atomic E-state index is 12.9. The van der Waals surface area contributed by atoms with Gasteiger partial charge in [0.2, 0.25) is 17.8 Å². The first-order valence-corrected chi connectivity index (χ1v) is 13.5. The van der Waals surface area contributed by atoms with E-state index in [1.807, 2.05) is 42.2 Å². The number of benzene rings is 1. The fraction of sp³-hybridized carbons (Fsp3) is 0.414. The number of pyridine rings is 1. The van der Waals surface area contributed by atoms with E-state index < -0.39 is 11.9 Å². The molecule has 0 aliphatic carbocycles. The van der Waals surface area contributed by atoms with Crippen LogP contribution in [0, 0.1) is 6.92 Å². The fourth-order valence-corrected chi connectivity index (χ4v) is 5.51. The second kappa shape index (κ2) is 11.2. The lowest BCUT2D eigenvalue weighted by molar-refractivity contribution is -0.153. The van der Waals surface area contributed by atoms with Gasteiger partial charge < -0.3 is 15.5 Å². The smallest absolute Gasteiger partial charge is 0.356 e. The number of hydrogen-bond donors (Lipinski definition) is 2. The van der Waals surface area contributed by atoms with Gasteiger partial charge in [0.1, 0.15) is 5.69 Å². The zero-order valence-electron chi connectivity index (χ0n) is 22.2. The van der Waals surface area contributed by atoms with Gasteiger partial charge in [0.05, 0.1) is 17.7 Å². The van der Waals surface area contributed by atoms with Crippen LogP contribution in [-0.2, 0) is 21.3 Å². The molecule has 3 saturated heterocycles. The molecule has 2 N–H and O–H groups in total. The van der Waals surface area contributed by atoms with Crippen LogP contribution in [0.4, 0.5) is 24.8 Å². The number of anilines is 2. The molecule has 5 heterocycles. The van der Waals surface area contributed by atoms with Crippen LogP contribution in [0.5, 0.6) is 0 Å². The van der Waals surface area contributed by atoms with Gasteiger partial charge in [-0.15, -0.1) is 0 Å². The van der Waals surface area contributed by atoms with Crippen LogP contribution in [0.1, 0.15) is 61.9 Å². The number of hydrogen-bond acceptors (Lipinski definition) is 6. The first-order valence-electron chi connectivity index (χ1n) is 13.5. The Labute approximate surface area is 230 Å².